The second-order valence-corrected chi connectivity index (χ2v) is 6.06. The molecule has 1 heterocycles. The topological polar surface area (TPSA) is 82.6 Å². The average molecular weight is 325 g/mol. The van der Waals surface area contributed by atoms with Crippen LogP contribution in [0.2, 0.25) is 0 Å². The molecule has 6 nitrogen and oxygen atoms in total. The van der Waals surface area contributed by atoms with Gasteiger partial charge in [-0.3, -0.25) is 4.21 Å². The Morgan fingerprint density at radius 2 is 2.10 bits per heavy atom. The molecular formula is C13H13N2O4S2-. The first kappa shape index (κ1) is 15.8. The Morgan fingerprint density at radius 3 is 2.62 bits per heavy atom. The molecule has 1 atom stereocenters. The summed E-state index contributed by atoms with van der Waals surface area (Å²) in [5.74, 6) is -0.423. The van der Waals surface area contributed by atoms with Gasteiger partial charge in [0, 0.05) is 29.4 Å². The van der Waals surface area contributed by atoms with Crippen molar-refractivity contribution in [2.45, 2.75) is 13.1 Å². The van der Waals surface area contributed by atoms with Crippen molar-refractivity contribution in [1.29, 1.82) is 0 Å². The van der Waals surface area contributed by atoms with Crippen LogP contribution in [-0.4, -0.2) is 31.1 Å². The molecule has 21 heavy (non-hydrogen) atoms. The molecular weight excluding hydrogens is 312 g/mol. The number of esters is 1. The van der Waals surface area contributed by atoms with Crippen LogP contribution in [0, 0.1) is 0 Å². The van der Waals surface area contributed by atoms with Gasteiger partial charge in [-0.2, -0.15) is 0 Å². The quantitative estimate of drug-likeness (QED) is 0.596. The van der Waals surface area contributed by atoms with Crippen molar-refractivity contribution in [1.82, 2.24) is 9.29 Å². The molecule has 112 valence electrons. The van der Waals surface area contributed by atoms with E-state index in [4.69, 9.17) is 0 Å². The van der Waals surface area contributed by atoms with Crippen LogP contribution in [0.5, 0.6) is 0 Å². The largest absolute Gasteiger partial charge is 0.760 e. The molecule has 0 saturated heterocycles. The molecule has 0 fully saturated rings. The Kier molecular flexibility index (Phi) is 5.57. The molecule has 2 rings (SSSR count). The summed E-state index contributed by atoms with van der Waals surface area (Å²) in [5.41, 5.74) is 1.21. The molecule has 0 saturated carbocycles. The van der Waals surface area contributed by atoms with Gasteiger partial charge in [-0.25, -0.2) is 14.1 Å². The van der Waals surface area contributed by atoms with Crippen molar-refractivity contribution in [3.05, 3.63) is 52.0 Å². The number of nitrogens with zero attached hydrogens (tertiary/aromatic N) is 2. The van der Waals surface area contributed by atoms with Crippen LogP contribution in [0.4, 0.5) is 0 Å². The number of carbonyl (C=O) groups is 1. The highest BCUT2D eigenvalue weighted by molar-refractivity contribution is 7.76. The molecule has 0 amide bonds. The minimum absolute atomic E-state index is 0.219. The van der Waals surface area contributed by atoms with Crippen molar-refractivity contribution in [2.75, 3.05) is 7.11 Å². The molecule has 0 radical (unpaired) electrons. The van der Waals surface area contributed by atoms with E-state index in [0.29, 0.717) is 5.56 Å². The normalized spacial score (nSPS) is 12.3. The van der Waals surface area contributed by atoms with Gasteiger partial charge >= 0.3 is 5.97 Å². The molecule has 0 aliphatic heterocycles. The molecule has 0 N–H and O–H groups in total. The summed E-state index contributed by atoms with van der Waals surface area (Å²) in [6, 6.07) is 6.62. The van der Waals surface area contributed by atoms with E-state index < -0.39 is 17.2 Å². The Balaban J connectivity index is 2.06. The van der Waals surface area contributed by atoms with Crippen molar-refractivity contribution < 1.29 is 18.3 Å². The number of rotatable bonds is 6. The van der Waals surface area contributed by atoms with Crippen LogP contribution in [0.3, 0.4) is 0 Å². The maximum atomic E-state index is 11.3. The summed E-state index contributed by atoms with van der Waals surface area (Å²) in [6.07, 6.45) is 1.64. The predicted octanol–water partition coefficient (Wildman–Crippen LogP) is 1.73. The fraction of sp³-hybridized carbons (Fsp3) is 0.231. The van der Waals surface area contributed by atoms with E-state index in [9.17, 15) is 13.6 Å². The van der Waals surface area contributed by atoms with E-state index >= 15 is 0 Å². The molecule has 1 unspecified atom stereocenters. The maximum Gasteiger partial charge on any atom is 0.337 e. The molecule has 0 aliphatic carbocycles. The van der Waals surface area contributed by atoms with E-state index in [0.717, 1.165) is 10.6 Å². The molecule has 2 aromatic rings. The van der Waals surface area contributed by atoms with Crippen LogP contribution >= 0.6 is 11.3 Å². The standard InChI is InChI=1S/C13H14N2O4S2/c1-19-13(16)11-4-2-10(3-5-11)8-15(21(17)18)9-12-14-6-7-20-12/h2-7H,8-9H2,1H3,(H,17,18)/p-1. The molecule has 0 bridgehead atoms. The van der Waals surface area contributed by atoms with Gasteiger partial charge in [-0.1, -0.05) is 12.1 Å². The predicted molar refractivity (Wildman–Crippen MR) is 78.1 cm³/mol. The number of thiazole rings is 1. The molecule has 1 aromatic heterocycles. The lowest BCUT2D eigenvalue weighted by atomic mass is 10.1. The summed E-state index contributed by atoms with van der Waals surface area (Å²) in [4.78, 5) is 15.4. The minimum Gasteiger partial charge on any atom is -0.760 e. The SMILES string of the molecule is COC(=O)c1ccc(CN(Cc2nccs2)S(=O)[O-])cc1. The fourth-order valence-corrected chi connectivity index (χ4v) is 2.91. The Labute approximate surface area is 128 Å². The fourth-order valence-electron chi connectivity index (χ4n) is 1.71. The van der Waals surface area contributed by atoms with Crippen LogP contribution < -0.4 is 0 Å². The van der Waals surface area contributed by atoms with Crippen molar-refractivity contribution >= 4 is 28.6 Å². The lowest BCUT2D eigenvalue weighted by molar-refractivity contribution is 0.0600. The van der Waals surface area contributed by atoms with Gasteiger partial charge in [0.15, 0.2) is 0 Å². The van der Waals surface area contributed by atoms with Crippen LogP contribution in [-0.2, 0) is 29.1 Å². The third-order valence-electron chi connectivity index (χ3n) is 2.74. The van der Waals surface area contributed by atoms with Gasteiger partial charge in [0.05, 0.1) is 19.2 Å². The molecule has 0 spiro atoms. The molecule has 8 heteroatoms. The number of benzene rings is 1. The Hall–Kier alpha value is -1.61. The van der Waals surface area contributed by atoms with Gasteiger partial charge in [0.2, 0.25) is 0 Å². The van der Waals surface area contributed by atoms with Crippen molar-refractivity contribution in [3.8, 4) is 0 Å². The van der Waals surface area contributed by atoms with Gasteiger partial charge in [0.25, 0.3) is 0 Å². The smallest absolute Gasteiger partial charge is 0.337 e. The maximum absolute atomic E-state index is 11.3. The second-order valence-electron chi connectivity index (χ2n) is 4.13. The highest BCUT2D eigenvalue weighted by Gasteiger charge is 2.10. The first-order valence-corrected chi connectivity index (χ1v) is 7.91. The van der Waals surface area contributed by atoms with E-state index in [-0.39, 0.29) is 13.1 Å². The minimum atomic E-state index is -2.35. The third kappa shape index (κ3) is 4.43. The molecule has 0 aliphatic rings. The number of aromatic nitrogens is 1. The summed E-state index contributed by atoms with van der Waals surface area (Å²) < 4.78 is 28.4. The third-order valence-corrected chi connectivity index (χ3v) is 4.18. The summed E-state index contributed by atoms with van der Waals surface area (Å²) in [5, 5.41) is 2.53. The number of hydrogen-bond acceptors (Lipinski definition) is 6. The zero-order valence-corrected chi connectivity index (χ0v) is 12.9. The first-order chi connectivity index (χ1) is 10.1. The number of hydrogen-bond donors (Lipinski definition) is 0. The summed E-state index contributed by atoms with van der Waals surface area (Å²) in [7, 11) is 1.31. The second kappa shape index (κ2) is 7.41. The van der Waals surface area contributed by atoms with Crippen molar-refractivity contribution in [2.24, 2.45) is 0 Å². The zero-order valence-electron chi connectivity index (χ0n) is 11.2. The van der Waals surface area contributed by atoms with Gasteiger partial charge in [0.1, 0.15) is 5.01 Å². The van der Waals surface area contributed by atoms with E-state index in [1.807, 2.05) is 0 Å². The van der Waals surface area contributed by atoms with E-state index in [1.165, 1.54) is 22.8 Å². The Morgan fingerprint density at radius 1 is 1.38 bits per heavy atom. The number of carbonyl (C=O) groups excluding carboxylic acids is 1. The van der Waals surface area contributed by atoms with Gasteiger partial charge < -0.3 is 9.29 Å². The van der Waals surface area contributed by atoms with E-state index in [1.54, 1.807) is 35.8 Å². The number of methoxy groups -OCH3 is 1. The van der Waals surface area contributed by atoms with E-state index in [2.05, 4.69) is 9.72 Å². The van der Waals surface area contributed by atoms with Crippen LogP contribution in [0.1, 0.15) is 20.9 Å². The highest BCUT2D eigenvalue weighted by Crippen LogP contribution is 2.14. The van der Waals surface area contributed by atoms with Crippen LogP contribution in [0.25, 0.3) is 0 Å². The number of ether oxygens (including phenoxy) is 1. The van der Waals surface area contributed by atoms with Crippen molar-refractivity contribution in [3.63, 3.8) is 0 Å². The summed E-state index contributed by atoms with van der Waals surface area (Å²) in [6.45, 7) is 0.448. The van der Waals surface area contributed by atoms with Gasteiger partial charge in [-0.15, -0.1) is 11.3 Å². The van der Waals surface area contributed by atoms with Crippen LogP contribution in [0.15, 0.2) is 35.8 Å². The molecule has 1 aromatic carbocycles. The summed E-state index contributed by atoms with van der Waals surface area (Å²) >= 11 is -0.945. The lowest BCUT2D eigenvalue weighted by Gasteiger charge is -2.23. The highest BCUT2D eigenvalue weighted by atomic mass is 32.2. The Bertz CT molecular complexity index is 614. The lowest BCUT2D eigenvalue weighted by Crippen LogP contribution is -2.24. The van der Waals surface area contributed by atoms with Gasteiger partial charge in [-0.05, 0) is 17.7 Å². The first-order valence-electron chi connectivity index (χ1n) is 6.00. The zero-order chi connectivity index (χ0) is 15.2. The average Bonchev–Trinajstić information content (AvgIpc) is 2.99. The monoisotopic (exact) mass is 325 g/mol.